The zero-order valence-electron chi connectivity index (χ0n) is 23.1. The number of likely N-dealkylation sites (tertiary alicyclic amines) is 1. The van der Waals surface area contributed by atoms with Crippen molar-refractivity contribution in [2.45, 2.75) is 43.8 Å². The van der Waals surface area contributed by atoms with Gasteiger partial charge in [0.1, 0.15) is 41.0 Å². The van der Waals surface area contributed by atoms with Gasteiger partial charge in [-0.2, -0.15) is 14.8 Å². The molecule has 220 valence electrons. The molecule has 10 nitrogen and oxygen atoms in total. The van der Waals surface area contributed by atoms with E-state index in [0.29, 0.717) is 24.0 Å². The average Bonchev–Trinajstić information content (AvgIpc) is 3.46. The van der Waals surface area contributed by atoms with Gasteiger partial charge in [-0.15, -0.1) is 0 Å². The average molecular weight is 589 g/mol. The zero-order valence-corrected chi connectivity index (χ0v) is 23.1. The van der Waals surface area contributed by atoms with Crippen LogP contribution in [0.5, 0.6) is 11.5 Å². The maximum atomic E-state index is 15.5. The molecule has 2 aromatic heterocycles. The Hall–Kier alpha value is -4.96. The molecule has 3 heterocycles. The molecule has 6 rings (SSSR count). The highest BCUT2D eigenvalue weighted by Crippen LogP contribution is 2.38. The Morgan fingerprint density at radius 1 is 1.23 bits per heavy atom. The molecule has 2 aliphatic rings. The van der Waals surface area contributed by atoms with Crippen molar-refractivity contribution in [1.82, 2.24) is 30.0 Å². The SMILES string of the molecule is CNC1(C=C(C#N)C(=O)N2CCC[C@H]2Cn2nc(-c3ccc(Oc4cccc(F)c4F)cc3F)c3c(N)ncnc32)CC1. The largest absolute Gasteiger partial charge is 0.454 e. The molecule has 1 saturated heterocycles. The minimum Gasteiger partial charge on any atom is -0.454 e. The number of hydrogen-bond acceptors (Lipinski definition) is 8. The van der Waals surface area contributed by atoms with Gasteiger partial charge in [0, 0.05) is 23.7 Å². The molecule has 2 fully saturated rings. The topological polar surface area (TPSA) is 135 Å². The fourth-order valence-electron chi connectivity index (χ4n) is 5.45. The standard InChI is InChI=1S/C30H27F3N8O2/c1-36-30(9-10-30)13-17(14-34)29(42)40-11-3-4-18(40)15-41-28-24(27(35)37-16-38-28)26(39-41)20-8-7-19(12-22(20)32)43-23-6-2-5-21(31)25(23)33/h2,5-8,12-13,16,18,36H,3-4,9-11,15H2,1H3,(H2,35,37,38)/t18-/m0/s1. The quantitative estimate of drug-likeness (QED) is 0.227. The summed E-state index contributed by atoms with van der Waals surface area (Å²) < 4.78 is 50.1. The van der Waals surface area contributed by atoms with Crippen LogP contribution >= 0.6 is 0 Å². The number of carbonyl (C=O) groups excluding carboxylic acids is 1. The lowest BCUT2D eigenvalue weighted by Crippen LogP contribution is -2.39. The number of nitrogen functional groups attached to an aromatic ring is 1. The monoisotopic (exact) mass is 588 g/mol. The molecule has 1 saturated carbocycles. The fourth-order valence-corrected chi connectivity index (χ4v) is 5.45. The van der Waals surface area contributed by atoms with E-state index >= 15 is 4.39 Å². The number of fused-ring (bicyclic) bond motifs is 1. The van der Waals surface area contributed by atoms with Gasteiger partial charge in [0.15, 0.2) is 17.2 Å². The lowest BCUT2D eigenvalue weighted by Gasteiger charge is -2.25. The first kappa shape index (κ1) is 28.2. The lowest BCUT2D eigenvalue weighted by atomic mass is 10.1. The number of ether oxygens (including phenoxy) is 1. The molecule has 1 aliphatic carbocycles. The molecule has 3 N–H and O–H groups in total. The number of nitriles is 1. The minimum atomic E-state index is -1.19. The Labute approximate surface area is 244 Å². The number of anilines is 1. The van der Waals surface area contributed by atoms with Crippen LogP contribution in [-0.2, 0) is 11.3 Å². The van der Waals surface area contributed by atoms with E-state index in [1.165, 1.54) is 30.6 Å². The van der Waals surface area contributed by atoms with Crippen molar-refractivity contribution in [1.29, 1.82) is 5.26 Å². The third-order valence-electron chi connectivity index (χ3n) is 7.98. The van der Waals surface area contributed by atoms with Crippen molar-refractivity contribution in [2.75, 3.05) is 19.3 Å². The molecule has 1 aliphatic heterocycles. The molecule has 1 amide bonds. The number of benzene rings is 2. The van der Waals surface area contributed by atoms with E-state index in [1.807, 2.05) is 7.05 Å². The third kappa shape index (κ3) is 5.25. The first-order valence-corrected chi connectivity index (χ1v) is 13.7. The minimum absolute atomic E-state index is 0.0496. The molecule has 0 radical (unpaired) electrons. The van der Waals surface area contributed by atoms with Gasteiger partial charge in [-0.05, 0) is 63.1 Å². The fraction of sp³-hybridized carbons (Fsp3) is 0.300. The predicted molar refractivity (Wildman–Crippen MR) is 151 cm³/mol. The summed E-state index contributed by atoms with van der Waals surface area (Å²) in [5.41, 5.74) is 6.57. The number of nitrogens with zero attached hydrogens (tertiary/aromatic N) is 6. The smallest absolute Gasteiger partial charge is 0.264 e. The number of halogens is 3. The number of amides is 1. The summed E-state index contributed by atoms with van der Waals surface area (Å²) in [6.07, 6.45) is 6.15. The number of hydrogen-bond donors (Lipinski definition) is 2. The van der Waals surface area contributed by atoms with Crippen LogP contribution < -0.4 is 15.8 Å². The van der Waals surface area contributed by atoms with E-state index in [0.717, 1.165) is 31.4 Å². The number of aromatic nitrogens is 4. The van der Waals surface area contributed by atoms with Crippen molar-refractivity contribution in [3.63, 3.8) is 0 Å². The van der Waals surface area contributed by atoms with Crippen LogP contribution in [0.15, 0.2) is 54.4 Å². The van der Waals surface area contributed by atoms with Crippen molar-refractivity contribution >= 4 is 22.8 Å². The van der Waals surface area contributed by atoms with Gasteiger partial charge in [0.25, 0.3) is 5.91 Å². The highest BCUT2D eigenvalue weighted by atomic mass is 19.2. The van der Waals surface area contributed by atoms with Crippen molar-refractivity contribution < 1.29 is 22.7 Å². The molecular formula is C30H27F3N8O2. The first-order chi connectivity index (χ1) is 20.7. The second-order valence-corrected chi connectivity index (χ2v) is 10.7. The molecule has 1 atom stereocenters. The molecular weight excluding hydrogens is 561 g/mol. The zero-order chi connectivity index (χ0) is 30.3. The van der Waals surface area contributed by atoms with Gasteiger partial charge in [-0.1, -0.05) is 6.07 Å². The molecule has 0 spiro atoms. The van der Waals surface area contributed by atoms with E-state index in [2.05, 4.69) is 26.5 Å². The Morgan fingerprint density at radius 2 is 2.05 bits per heavy atom. The van der Waals surface area contributed by atoms with E-state index in [-0.39, 0.29) is 58.2 Å². The number of carbonyl (C=O) groups is 1. The number of rotatable bonds is 8. The van der Waals surface area contributed by atoms with Crippen LogP contribution in [0.25, 0.3) is 22.3 Å². The maximum Gasteiger partial charge on any atom is 0.264 e. The van der Waals surface area contributed by atoms with Gasteiger partial charge >= 0.3 is 0 Å². The van der Waals surface area contributed by atoms with Crippen LogP contribution in [0.1, 0.15) is 25.7 Å². The first-order valence-electron chi connectivity index (χ1n) is 13.7. The van der Waals surface area contributed by atoms with Gasteiger partial charge in [0.05, 0.1) is 18.0 Å². The lowest BCUT2D eigenvalue weighted by molar-refractivity contribution is -0.127. The molecule has 13 heteroatoms. The van der Waals surface area contributed by atoms with Gasteiger partial charge in [0.2, 0.25) is 5.82 Å². The van der Waals surface area contributed by atoms with Gasteiger partial charge in [-0.3, -0.25) is 4.79 Å². The van der Waals surface area contributed by atoms with Gasteiger partial charge < -0.3 is 20.7 Å². The van der Waals surface area contributed by atoms with Crippen molar-refractivity contribution in [2.24, 2.45) is 0 Å². The maximum absolute atomic E-state index is 15.5. The van der Waals surface area contributed by atoms with E-state index in [4.69, 9.17) is 10.5 Å². The Kier molecular flexibility index (Phi) is 7.23. The number of nitrogens with one attached hydrogen (secondary N) is 1. The summed E-state index contributed by atoms with van der Waals surface area (Å²) in [5.74, 6) is -3.71. The van der Waals surface area contributed by atoms with Crippen molar-refractivity contribution in [3.05, 3.63) is 71.8 Å². The molecule has 0 unspecified atom stereocenters. The highest BCUT2D eigenvalue weighted by molar-refractivity contribution is 5.99. The predicted octanol–water partition coefficient (Wildman–Crippen LogP) is 4.48. The summed E-state index contributed by atoms with van der Waals surface area (Å²) in [5, 5.41) is 17.9. The summed E-state index contributed by atoms with van der Waals surface area (Å²) in [6.45, 7) is 0.719. The summed E-state index contributed by atoms with van der Waals surface area (Å²) in [4.78, 5) is 23.5. The van der Waals surface area contributed by atoms with Crippen LogP contribution in [0.2, 0.25) is 0 Å². The number of nitrogens with two attached hydrogens (primary N) is 1. The van der Waals surface area contributed by atoms with Crippen LogP contribution in [0.4, 0.5) is 19.0 Å². The van der Waals surface area contributed by atoms with Gasteiger partial charge in [-0.25, -0.2) is 23.4 Å². The Morgan fingerprint density at radius 3 is 2.77 bits per heavy atom. The second kappa shape index (κ2) is 11.0. The molecule has 0 bridgehead atoms. The van der Waals surface area contributed by atoms with E-state index in [9.17, 15) is 18.8 Å². The second-order valence-electron chi connectivity index (χ2n) is 10.7. The third-order valence-corrected chi connectivity index (χ3v) is 7.98. The van der Waals surface area contributed by atoms with E-state index < -0.39 is 17.5 Å². The van der Waals surface area contributed by atoms with Crippen LogP contribution in [0.3, 0.4) is 0 Å². The molecule has 4 aromatic rings. The molecule has 2 aromatic carbocycles. The summed E-state index contributed by atoms with van der Waals surface area (Å²) in [6, 6.07) is 9.07. The summed E-state index contributed by atoms with van der Waals surface area (Å²) in [7, 11) is 1.81. The Balaban J connectivity index is 1.31. The number of likely N-dealkylation sites (N-methyl/N-ethyl adjacent to an activating group) is 1. The van der Waals surface area contributed by atoms with E-state index in [1.54, 1.807) is 15.7 Å². The van der Waals surface area contributed by atoms with Crippen LogP contribution in [0, 0.1) is 28.8 Å². The Bertz CT molecular complexity index is 1810. The van der Waals surface area contributed by atoms with Crippen molar-refractivity contribution in [3.8, 4) is 28.8 Å². The van der Waals surface area contributed by atoms with Crippen LogP contribution in [-0.4, -0.2) is 55.7 Å². The summed E-state index contributed by atoms with van der Waals surface area (Å²) >= 11 is 0. The molecule has 43 heavy (non-hydrogen) atoms. The normalized spacial score (nSPS) is 17.7. The highest BCUT2D eigenvalue weighted by Gasteiger charge is 2.41.